The second-order valence-corrected chi connectivity index (χ2v) is 7.72. The smallest absolute Gasteiger partial charge is 0.492 e. The van der Waals surface area contributed by atoms with Crippen molar-refractivity contribution in [3.05, 3.63) is 28.7 Å². The van der Waals surface area contributed by atoms with E-state index in [1.807, 2.05) is 27.7 Å². The summed E-state index contributed by atoms with van der Waals surface area (Å²) >= 11 is 0. The van der Waals surface area contributed by atoms with Gasteiger partial charge in [0.15, 0.2) is 11.5 Å². The van der Waals surface area contributed by atoms with Crippen LogP contribution < -0.4 is 10.1 Å². The minimum absolute atomic E-state index is 0.0932. The molecular formula is C20H28BNO6. The molecule has 1 aliphatic heterocycles. The zero-order valence-corrected chi connectivity index (χ0v) is 17.3. The molecule has 1 heterocycles. The van der Waals surface area contributed by atoms with E-state index in [0.29, 0.717) is 29.5 Å². The highest BCUT2D eigenvalue weighted by molar-refractivity contribution is 6.56. The summed E-state index contributed by atoms with van der Waals surface area (Å²) in [5, 5.41) is 13.3. The van der Waals surface area contributed by atoms with Crippen molar-refractivity contribution in [2.24, 2.45) is 0 Å². The summed E-state index contributed by atoms with van der Waals surface area (Å²) in [6.07, 6.45) is 2.34. The fourth-order valence-corrected chi connectivity index (χ4v) is 2.72. The molecule has 152 valence electrons. The van der Waals surface area contributed by atoms with Crippen LogP contribution in [0.1, 0.15) is 57.5 Å². The third kappa shape index (κ3) is 4.74. The Morgan fingerprint density at radius 3 is 2.36 bits per heavy atom. The van der Waals surface area contributed by atoms with Crippen molar-refractivity contribution in [3.8, 4) is 11.5 Å². The Balaban J connectivity index is 2.49. The second kappa shape index (κ2) is 8.37. The normalized spacial score (nSPS) is 18.1. The molecule has 0 aliphatic carbocycles. The maximum Gasteiger partial charge on any atom is 0.492 e. The molecule has 8 heteroatoms. The van der Waals surface area contributed by atoms with Crippen LogP contribution in [-0.4, -0.2) is 48.8 Å². The van der Waals surface area contributed by atoms with Gasteiger partial charge in [0.05, 0.1) is 17.8 Å². The summed E-state index contributed by atoms with van der Waals surface area (Å²) in [6.45, 7) is 11.4. The first-order valence-corrected chi connectivity index (χ1v) is 9.26. The molecule has 28 heavy (non-hydrogen) atoms. The fraction of sp³-hybridized carbons (Fsp3) is 0.500. The molecule has 7 nitrogen and oxygen atoms in total. The van der Waals surface area contributed by atoms with E-state index in [2.05, 4.69) is 5.32 Å². The summed E-state index contributed by atoms with van der Waals surface area (Å²) in [5.74, 6) is -0.0845. The van der Waals surface area contributed by atoms with Crippen molar-refractivity contribution in [1.82, 2.24) is 5.32 Å². The number of phenolic OH excluding ortho intramolecular Hbond substituents is 1. The number of hydrogen-bond acceptors (Lipinski definition) is 6. The molecule has 0 radical (unpaired) electrons. The third-order valence-electron chi connectivity index (χ3n) is 5.00. The van der Waals surface area contributed by atoms with Gasteiger partial charge in [-0.05, 0) is 52.2 Å². The van der Waals surface area contributed by atoms with Crippen LogP contribution in [0.3, 0.4) is 0 Å². The molecule has 1 saturated heterocycles. The standard InChI is InChI=1S/C20H28BNO6/c1-7-26-17-9-14(12-23)8-15(18(17)25)10-16(11-22-13(2)24)21-27-19(3,4)20(5,6)28-21/h8-10,12,25H,7,11H2,1-6H3,(H,22,24). The van der Waals surface area contributed by atoms with E-state index in [9.17, 15) is 14.7 Å². The van der Waals surface area contributed by atoms with Crippen LogP contribution in [0.25, 0.3) is 6.08 Å². The largest absolute Gasteiger partial charge is 0.504 e. The average molecular weight is 389 g/mol. The van der Waals surface area contributed by atoms with Crippen molar-refractivity contribution in [1.29, 1.82) is 0 Å². The summed E-state index contributed by atoms with van der Waals surface area (Å²) in [4.78, 5) is 22.7. The molecule has 0 atom stereocenters. The van der Waals surface area contributed by atoms with Crippen molar-refractivity contribution >= 4 is 25.4 Å². The van der Waals surface area contributed by atoms with Gasteiger partial charge < -0.3 is 24.5 Å². The van der Waals surface area contributed by atoms with Crippen LogP contribution in [0.4, 0.5) is 0 Å². The second-order valence-electron chi connectivity index (χ2n) is 7.72. The van der Waals surface area contributed by atoms with Gasteiger partial charge >= 0.3 is 7.12 Å². The Morgan fingerprint density at radius 1 is 1.25 bits per heavy atom. The first-order valence-electron chi connectivity index (χ1n) is 9.26. The molecule has 2 rings (SSSR count). The Kier molecular flexibility index (Phi) is 6.57. The number of phenols is 1. The van der Waals surface area contributed by atoms with E-state index in [1.165, 1.54) is 13.0 Å². The van der Waals surface area contributed by atoms with Crippen molar-refractivity contribution < 1.29 is 28.7 Å². The molecule has 0 unspecified atom stereocenters. The van der Waals surface area contributed by atoms with Crippen molar-refractivity contribution in [3.63, 3.8) is 0 Å². The van der Waals surface area contributed by atoms with Crippen LogP contribution in [-0.2, 0) is 14.1 Å². The molecule has 0 spiro atoms. The number of nitrogens with one attached hydrogen (secondary N) is 1. The van der Waals surface area contributed by atoms with E-state index >= 15 is 0 Å². The lowest BCUT2D eigenvalue weighted by atomic mass is 9.76. The lowest BCUT2D eigenvalue weighted by Crippen LogP contribution is -2.41. The summed E-state index contributed by atoms with van der Waals surface area (Å²) in [5.41, 5.74) is 0.227. The number of ether oxygens (including phenoxy) is 1. The lowest BCUT2D eigenvalue weighted by Gasteiger charge is -2.32. The van der Waals surface area contributed by atoms with Crippen LogP contribution in [0.15, 0.2) is 17.6 Å². The number of carbonyl (C=O) groups is 2. The molecule has 1 amide bonds. The van der Waals surface area contributed by atoms with Gasteiger partial charge in [0.25, 0.3) is 0 Å². The molecule has 1 aromatic carbocycles. The SMILES string of the molecule is CCOc1cc(C=O)cc(C=C(CNC(C)=O)B2OC(C)(C)C(C)(C)O2)c1O. The number of aromatic hydroxyl groups is 1. The van der Waals surface area contributed by atoms with Gasteiger partial charge in [-0.25, -0.2) is 0 Å². The molecule has 1 aliphatic rings. The average Bonchev–Trinajstić information content (AvgIpc) is 2.82. The molecule has 0 bridgehead atoms. The van der Waals surface area contributed by atoms with Gasteiger partial charge in [0.1, 0.15) is 6.29 Å². The highest BCUT2D eigenvalue weighted by atomic mass is 16.7. The van der Waals surface area contributed by atoms with E-state index in [0.717, 1.165) is 0 Å². The summed E-state index contributed by atoms with van der Waals surface area (Å²) in [7, 11) is -0.716. The number of carbonyl (C=O) groups excluding carboxylic acids is 2. The van der Waals surface area contributed by atoms with E-state index in [1.54, 1.807) is 19.1 Å². The third-order valence-corrected chi connectivity index (χ3v) is 5.00. The Morgan fingerprint density at radius 2 is 1.86 bits per heavy atom. The number of hydrogen-bond donors (Lipinski definition) is 2. The van der Waals surface area contributed by atoms with Gasteiger partial charge in [-0.1, -0.05) is 6.08 Å². The zero-order valence-electron chi connectivity index (χ0n) is 17.3. The minimum atomic E-state index is -0.716. The maximum absolute atomic E-state index is 11.4. The lowest BCUT2D eigenvalue weighted by molar-refractivity contribution is -0.118. The molecule has 0 saturated carbocycles. The zero-order chi connectivity index (χ0) is 21.1. The Bertz CT molecular complexity index is 771. The van der Waals surface area contributed by atoms with Gasteiger partial charge in [-0.3, -0.25) is 9.59 Å². The van der Waals surface area contributed by atoms with Crippen LogP contribution in [0, 0.1) is 0 Å². The van der Waals surface area contributed by atoms with Crippen LogP contribution in [0.2, 0.25) is 0 Å². The van der Waals surface area contributed by atoms with E-state index < -0.39 is 18.3 Å². The van der Waals surface area contributed by atoms with E-state index in [4.69, 9.17) is 14.0 Å². The summed E-state index contributed by atoms with van der Waals surface area (Å²) < 4.78 is 17.6. The van der Waals surface area contributed by atoms with Crippen molar-refractivity contribution in [2.75, 3.05) is 13.2 Å². The number of aldehydes is 1. The molecular weight excluding hydrogens is 361 g/mol. The maximum atomic E-state index is 11.4. The first kappa shape index (κ1) is 22.0. The summed E-state index contributed by atoms with van der Waals surface area (Å²) in [6, 6.07) is 3.02. The number of rotatable bonds is 7. The topological polar surface area (TPSA) is 94.1 Å². The first-order chi connectivity index (χ1) is 13.0. The van der Waals surface area contributed by atoms with Crippen LogP contribution in [0.5, 0.6) is 11.5 Å². The molecule has 2 N–H and O–H groups in total. The number of amides is 1. The monoisotopic (exact) mass is 389 g/mol. The predicted molar refractivity (Wildman–Crippen MR) is 107 cm³/mol. The van der Waals surface area contributed by atoms with Gasteiger partial charge in [0.2, 0.25) is 5.91 Å². The minimum Gasteiger partial charge on any atom is -0.504 e. The highest BCUT2D eigenvalue weighted by Gasteiger charge is 2.52. The molecule has 0 aromatic heterocycles. The van der Waals surface area contributed by atoms with Gasteiger partial charge in [-0.2, -0.15) is 0 Å². The quantitative estimate of drug-likeness (QED) is 0.550. The van der Waals surface area contributed by atoms with Gasteiger partial charge in [-0.15, -0.1) is 0 Å². The number of benzene rings is 1. The Labute approximate surface area is 166 Å². The van der Waals surface area contributed by atoms with Crippen LogP contribution >= 0.6 is 0 Å². The Hall–Kier alpha value is -2.32. The molecule has 1 fully saturated rings. The molecule has 1 aromatic rings. The fourth-order valence-electron chi connectivity index (χ4n) is 2.72. The van der Waals surface area contributed by atoms with Crippen molar-refractivity contribution in [2.45, 2.75) is 52.7 Å². The highest BCUT2D eigenvalue weighted by Crippen LogP contribution is 2.40. The van der Waals surface area contributed by atoms with Gasteiger partial charge in [0, 0.05) is 24.6 Å². The van der Waals surface area contributed by atoms with E-state index in [-0.39, 0.29) is 24.0 Å². The predicted octanol–water partition coefficient (Wildman–Crippen LogP) is 2.75.